The molecule has 0 amide bonds. The molecule has 1 aromatic heterocycles. The maximum absolute atomic E-state index is 12.4. The van der Waals surface area contributed by atoms with Gasteiger partial charge in [-0.25, -0.2) is 13.6 Å². The van der Waals surface area contributed by atoms with Crippen LogP contribution in [0.2, 0.25) is 0 Å². The van der Waals surface area contributed by atoms with E-state index >= 15 is 0 Å². The molecule has 0 fully saturated rings. The number of ether oxygens (including phenoxy) is 1. The van der Waals surface area contributed by atoms with Crippen LogP contribution in [-0.4, -0.2) is 23.0 Å². The lowest BCUT2D eigenvalue weighted by Crippen LogP contribution is -2.11. The molecule has 0 aliphatic rings. The van der Waals surface area contributed by atoms with Crippen molar-refractivity contribution >= 4 is 11.8 Å². The SMILES string of the molecule is COC(=O)c1c(C#N)cc(C(F)F)nc1[N+](=O)[O-]. The van der Waals surface area contributed by atoms with E-state index in [2.05, 4.69) is 9.72 Å². The van der Waals surface area contributed by atoms with Crippen LogP contribution in [0.1, 0.15) is 28.0 Å². The van der Waals surface area contributed by atoms with Crippen LogP contribution in [0.3, 0.4) is 0 Å². The maximum atomic E-state index is 12.4. The second kappa shape index (κ2) is 5.13. The van der Waals surface area contributed by atoms with Gasteiger partial charge in [-0.3, -0.25) is 0 Å². The smallest absolute Gasteiger partial charge is 0.380 e. The highest BCUT2D eigenvalue weighted by Crippen LogP contribution is 2.26. The number of carbonyl (C=O) groups excluding carboxylic acids is 1. The highest BCUT2D eigenvalue weighted by molar-refractivity contribution is 5.95. The van der Waals surface area contributed by atoms with E-state index in [0.29, 0.717) is 6.07 Å². The number of pyridine rings is 1. The molecule has 0 radical (unpaired) electrons. The van der Waals surface area contributed by atoms with Crippen LogP contribution in [0.4, 0.5) is 14.6 Å². The summed E-state index contributed by atoms with van der Waals surface area (Å²) in [7, 11) is 0.939. The summed E-state index contributed by atoms with van der Waals surface area (Å²) in [4.78, 5) is 23.9. The molecule has 0 aromatic carbocycles. The summed E-state index contributed by atoms with van der Waals surface area (Å²) in [6, 6.07) is 2.04. The fourth-order valence-corrected chi connectivity index (χ4v) is 1.19. The molecular weight excluding hydrogens is 252 g/mol. The molecular formula is C9H5F2N3O4. The van der Waals surface area contributed by atoms with Crippen molar-refractivity contribution in [1.82, 2.24) is 4.98 Å². The van der Waals surface area contributed by atoms with E-state index < -0.39 is 40.0 Å². The van der Waals surface area contributed by atoms with Gasteiger partial charge in [-0.2, -0.15) is 5.26 Å². The van der Waals surface area contributed by atoms with Crippen molar-refractivity contribution in [3.8, 4) is 6.07 Å². The number of nitrogens with zero attached hydrogens (tertiary/aromatic N) is 3. The second-order valence-electron chi connectivity index (χ2n) is 2.95. The molecule has 0 atom stereocenters. The standard InChI is InChI=1S/C9H5F2N3O4/c1-18-9(15)6-4(3-12)2-5(7(10)11)13-8(6)14(16)17/h2,7H,1H3. The highest BCUT2D eigenvalue weighted by atomic mass is 19.3. The molecule has 1 heterocycles. The van der Waals surface area contributed by atoms with Gasteiger partial charge < -0.3 is 14.9 Å². The predicted octanol–water partition coefficient (Wildman–Crippen LogP) is 1.59. The molecule has 0 aliphatic heterocycles. The molecule has 94 valence electrons. The van der Waals surface area contributed by atoms with E-state index in [1.807, 2.05) is 0 Å². The maximum Gasteiger partial charge on any atom is 0.380 e. The van der Waals surface area contributed by atoms with Gasteiger partial charge >= 0.3 is 18.2 Å². The van der Waals surface area contributed by atoms with Crippen molar-refractivity contribution in [3.63, 3.8) is 0 Å². The molecule has 0 aliphatic carbocycles. The quantitative estimate of drug-likeness (QED) is 0.462. The van der Waals surface area contributed by atoms with E-state index in [0.717, 1.165) is 7.11 Å². The second-order valence-corrected chi connectivity index (χ2v) is 2.95. The average Bonchev–Trinajstić information content (AvgIpc) is 2.35. The number of esters is 1. The first-order valence-corrected chi connectivity index (χ1v) is 4.38. The molecule has 0 unspecified atom stereocenters. The zero-order valence-electron chi connectivity index (χ0n) is 8.89. The molecule has 0 spiro atoms. The molecule has 0 bridgehead atoms. The van der Waals surface area contributed by atoms with Crippen molar-refractivity contribution < 1.29 is 23.2 Å². The Balaban J connectivity index is 3.63. The number of aromatic nitrogens is 1. The van der Waals surface area contributed by atoms with E-state index in [4.69, 9.17) is 5.26 Å². The van der Waals surface area contributed by atoms with Crippen molar-refractivity contribution in [2.75, 3.05) is 7.11 Å². The van der Waals surface area contributed by atoms with Crippen LogP contribution in [0.5, 0.6) is 0 Å². The summed E-state index contributed by atoms with van der Waals surface area (Å²) >= 11 is 0. The monoisotopic (exact) mass is 257 g/mol. The molecule has 0 saturated carbocycles. The molecule has 0 N–H and O–H groups in total. The van der Waals surface area contributed by atoms with Crippen molar-refractivity contribution in [2.45, 2.75) is 6.43 Å². The Morgan fingerprint density at radius 3 is 2.67 bits per heavy atom. The minimum atomic E-state index is -3.09. The van der Waals surface area contributed by atoms with E-state index in [-0.39, 0.29) is 0 Å². The summed E-state index contributed by atoms with van der Waals surface area (Å²) in [5.74, 6) is -2.32. The number of rotatable bonds is 3. The first-order valence-electron chi connectivity index (χ1n) is 4.38. The van der Waals surface area contributed by atoms with Crippen LogP contribution in [0.15, 0.2) is 6.07 Å². The topological polar surface area (TPSA) is 106 Å². The lowest BCUT2D eigenvalue weighted by molar-refractivity contribution is -0.390. The molecule has 18 heavy (non-hydrogen) atoms. The molecule has 9 heteroatoms. The summed E-state index contributed by atoms with van der Waals surface area (Å²) in [6.45, 7) is 0. The van der Waals surface area contributed by atoms with Gasteiger partial charge in [-0.05, 0) is 9.91 Å². The zero-order chi connectivity index (χ0) is 13.9. The number of hydrogen-bond acceptors (Lipinski definition) is 6. The number of alkyl halides is 2. The van der Waals surface area contributed by atoms with Gasteiger partial charge in [0.05, 0.1) is 12.7 Å². The number of nitriles is 1. The Hall–Kier alpha value is -2.63. The number of halogens is 2. The highest BCUT2D eigenvalue weighted by Gasteiger charge is 2.31. The number of nitro groups is 1. The van der Waals surface area contributed by atoms with Crippen LogP contribution in [0.25, 0.3) is 0 Å². The Labute approximate surface area is 98.8 Å². The van der Waals surface area contributed by atoms with Gasteiger partial charge in [0, 0.05) is 6.07 Å². The number of methoxy groups -OCH3 is 1. The lowest BCUT2D eigenvalue weighted by Gasteiger charge is -2.04. The zero-order valence-corrected chi connectivity index (χ0v) is 8.89. The number of hydrogen-bond donors (Lipinski definition) is 0. The first kappa shape index (κ1) is 13.4. The van der Waals surface area contributed by atoms with Gasteiger partial charge in [-0.15, -0.1) is 0 Å². The Morgan fingerprint density at radius 1 is 1.67 bits per heavy atom. The van der Waals surface area contributed by atoms with E-state index in [9.17, 15) is 23.7 Å². The fraction of sp³-hybridized carbons (Fsp3) is 0.222. The molecule has 0 saturated heterocycles. The predicted molar refractivity (Wildman–Crippen MR) is 51.9 cm³/mol. The van der Waals surface area contributed by atoms with Gasteiger partial charge in [0.1, 0.15) is 6.07 Å². The first-order chi connectivity index (χ1) is 8.42. The molecule has 7 nitrogen and oxygen atoms in total. The fourth-order valence-electron chi connectivity index (χ4n) is 1.19. The Morgan fingerprint density at radius 2 is 2.28 bits per heavy atom. The summed E-state index contributed by atoms with van der Waals surface area (Å²) < 4.78 is 29.1. The van der Waals surface area contributed by atoms with Gasteiger partial charge in [0.15, 0.2) is 5.56 Å². The number of carbonyl (C=O) groups is 1. The summed E-state index contributed by atoms with van der Waals surface area (Å²) in [5, 5.41) is 19.4. The van der Waals surface area contributed by atoms with Crippen molar-refractivity contribution in [3.05, 3.63) is 33.0 Å². The largest absolute Gasteiger partial charge is 0.465 e. The van der Waals surface area contributed by atoms with Gasteiger partial charge in [-0.1, -0.05) is 0 Å². The normalized spacial score (nSPS) is 9.94. The van der Waals surface area contributed by atoms with Crippen LogP contribution in [0, 0.1) is 21.4 Å². The third-order valence-corrected chi connectivity index (χ3v) is 1.93. The van der Waals surface area contributed by atoms with Gasteiger partial charge in [0.2, 0.25) is 5.69 Å². The Bertz CT molecular complexity index is 553. The molecule has 1 aromatic rings. The minimum absolute atomic E-state index is 0.584. The van der Waals surface area contributed by atoms with Gasteiger partial charge in [0.25, 0.3) is 0 Å². The van der Waals surface area contributed by atoms with E-state index in [1.165, 1.54) is 6.07 Å². The lowest BCUT2D eigenvalue weighted by atomic mass is 10.1. The third-order valence-electron chi connectivity index (χ3n) is 1.93. The average molecular weight is 257 g/mol. The Kier molecular flexibility index (Phi) is 3.83. The molecule has 1 rings (SSSR count). The van der Waals surface area contributed by atoms with Crippen molar-refractivity contribution in [2.24, 2.45) is 0 Å². The van der Waals surface area contributed by atoms with Crippen molar-refractivity contribution in [1.29, 1.82) is 5.26 Å². The van der Waals surface area contributed by atoms with Crippen LogP contribution >= 0.6 is 0 Å². The summed E-state index contributed by atoms with van der Waals surface area (Å²) in [6.07, 6.45) is -3.09. The van der Waals surface area contributed by atoms with Crippen LogP contribution in [-0.2, 0) is 4.74 Å². The van der Waals surface area contributed by atoms with Crippen LogP contribution < -0.4 is 0 Å². The minimum Gasteiger partial charge on any atom is -0.465 e. The summed E-state index contributed by atoms with van der Waals surface area (Å²) in [5.41, 5.74) is -2.28. The third kappa shape index (κ3) is 2.37. The van der Waals surface area contributed by atoms with E-state index in [1.54, 1.807) is 0 Å².